The van der Waals surface area contributed by atoms with Crippen LogP contribution >= 0.6 is 0 Å². The molecule has 132 valence electrons. The number of carbonyl (C=O) groups excluding carboxylic acids is 1. The first-order valence-electron chi connectivity index (χ1n) is 9.03. The quantitative estimate of drug-likeness (QED) is 0.933. The van der Waals surface area contributed by atoms with Crippen LogP contribution < -0.4 is 0 Å². The number of halogens is 1. The highest BCUT2D eigenvalue weighted by Crippen LogP contribution is 2.28. The van der Waals surface area contributed by atoms with Crippen molar-refractivity contribution >= 4 is 5.91 Å². The summed E-state index contributed by atoms with van der Waals surface area (Å²) in [6.07, 6.45) is 4.40. The van der Waals surface area contributed by atoms with Crippen molar-refractivity contribution in [2.45, 2.75) is 32.2 Å². The van der Waals surface area contributed by atoms with Gasteiger partial charge in [0.1, 0.15) is 5.82 Å². The topological polar surface area (TPSA) is 52.2 Å². The van der Waals surface area contributed by atoms with Crippen molar-refractivity contribution < 1.29 is 9.18 Å². The van der Waals surface area contributed by atoms with E-state index in [0.717, 1.165) is 42.0 Å². The van der Waals surface area contributed by atoms with E-state index < -0.39 is 0 Å². The summed E-state index contributed by atoms with van der Waals surface area (Å²) in [5.74, 6) is -0.0953. The van der Waals surface area contributed by atoms with Crippen LogP contribution in [0.5, 0.6) is 0 Å². The Labute approximate surface area is 146 Å². The Bertz CT molecular complexity index is 767. The van der Waals surface area contributed by atoms with Gasteiger partial charge in [0.15, 0.2) is 0 Å². The zero-order valence-corrected chi connectivity index (χ0v) is 14.3. The first-order chi connectivity index (χ1) is 12.2. The fourth-order valence-corrected chi connectivity index (χ4v) is 3.79. The first kappa shape index (κ1) is 16.3. The van der Waals surface area contributed by atoms with Gasteiger partial charge < -0.3 is 4.90 Å². The third-order valence-electron chi connectivity index (χ3n) is 5.19. The third-order valence-corrected chi connectivity index (χ3v) is 5.19. The molecule has 0 aliphatic carbocycles. The number of fused-ring (bicyclic) bond motifs is 1. The van der Waals surface area contributed by atoms with Crippen molar-refractivity contribution in [3.8, 4) is 11.3 Å². The van der Waals surface area contributed by atoms with Crippen molar-refractivity contribution in [3.63, 3.8) is 0 Å². The Balaban J connectivity index is 1.50. The minimum Gasteiger partial charge on any atom is -0.337 e. The number of likely N-dealkylation sites (tertiary alicyclic amines) is 1. The second kappa shape index (κ2) is 6.96. The largest absolute Gasteiger partial charge is 0.337 e. The molecule has 0 saturated carbocycles. The number of hydrogen-bond donors (Lipinski definition) is 1. The summed E-state index contributed by atoms with van der Waals surface area (Å²) in [7, 11) is 0. The lowest BCUT2D eigenvalue weighted by atomic mass is 10.0. The number of aromatic nitrogens is 2. The van der Waals surface area contributed by atoms with Gasteiger partial charge in [-0.2, -0.15) is 5.10 Å². The Kier molecular flexibility index (Phi) is 4.53. The number of H-pyrrole nitrogens is 1. The summed E-state index contributed by atoms with van der Waals surface area (Å²) in [5.41, 5.74) is 3.58. The highest BCUT2D eigenvalue weighted by Gasteiger charge is 2.27. The van der Waals surface area contributed by atoms with E-state index in [0.29, 0.717) is 19.6 Å². The molecule has 2 aliphatic heterocycles. The van der Waals surface area contributed by atoms with Crippen LogP contribution in [0.15, 0.2) is 24.3 Å². The summed E-state index contributed by atoms with van der Waals surface area (Å²) in [6, 6.07) is 6.46. The van der Waals surface area contributed by atoms with Gasteiger partial charge in [0, 0.05) is 36.3 Å². The van der Waals surface area contributed by atoms with Crippen molar-refractivity contribution in [3.05, 3.63) is 41.3 Å². The van der Waals surface area contributed by atoms with Gasteiger partial charge >= 0.3 is 0 Å². The standard InChI is InChI=1S/C19H23FN4O/c20-15-6-4-5-14(11-15)19-16-12-24(10-7-17(16)21-22-19)18(25)13-23-8-2-1-3-9-23/h4-6,11H,1-3,7-10,12-13H2,(H,21,22). The van der Waals surface area contributed by atoms with Crippen LogP contribution in [0.2, 0.25) is 0 Å². The molecule has 2 aliphatic rings. The van der Waals surface area contributed by atoms with Gasteiger partial charge in [-0.1, -0.05) is 18.6 Å². The van der Waals surface area contributed by atoms with Gasteiger partial charge in [0.2, 0.25) is 5.91 Å². The molecular weight excluding hydrogens is 319 g/mol. The monoisotopic (exact) mass is 342 g/mol. The van der Waals surface area contributed by atoms with Crippen LogP contribution in [0.3, 0.4) is 0 Å². The molecule has 0 spiro atoms. The number of nitrogens with one attached hydrogen (secondary N) is 1. The van der Waals surface area contributed by atoms with Crippen molar-refractivity contribution in [1.29, 1.82) is 0 Å². The van der Waals surface area contributed by atoms with E-state index in [-0.39, 0.29) is 11.7 Å². The number of amides is 1. The molecule has 4 rings (SSSR count). The maximum atomic E-state index is 13.5. The van der Waals surface area contributed by atoms with Crippen LogP contribution in [-0.4, -0.2) is 52.1 Å². The van der Waals surface area contributed by atoms with Crippen molar-refractivity contribution in [1.82, 2.24) is 20.0 Å². The van der Waals surface area contributed by atoms with E-state index >= 15 is 0 Å². The molecule has 0 bridgehead atoms. The predicted octanol–water partition coefficient (Wildman–Crippen LogP) is 2.59. The molecule has 5 nitrogen and oxygen atoms in total. The Morgan fingerprint density at radius 1 is 1.20 bits per heavy atom. The molecule has 1 N–H and O–H groups in total. The van der Waals surface area contributed by atoms with Gasteiger partial charge in [0.25, 0.3) is 0 Å². The van der Waals surface area contributed by atoms with Crippen LogP contribution in [0, 0.1) is 5.82 Å². The fourth-order valence-electron chi connectivity index (χ4n) is 3.79. The number of carbonyl (C=O) groups is 1. The van der Waals surface area contributed by atoms with E-state index in [1.54, 1.807) is 6.07 Å². The molecule has 0 unspecified atom stereocenters. The second-order valence-corrected chi connectivity index (χ2v) is 6.94. The summed E-state index contributed by atoms with van der Waals surface area (Å²) in [6.45, 7) is 3.80. The number of aromatic amines is 1. The highest BCUT2D eigenvalue weighted by molar-refractivity contribution is 5.79. The molecule has 0 radical (unpaired) electrons. The van der Waals surface area contributed by atoms with E-state index in [2.05, 4.69) is 15.1 Å². The second-order valence-electron chi connectivity index (χ2n) is 6.94. The van der Waals surface area contributed by atoms with E-state index in [9.17, 15) is 9.18 Å². The maximum Gasteiger partial charge on any atom is 0.237 e. The zero-order chi connectivity index (χ0) is 17.2. The van der Waals surface area contributed by atoms with Crippen LogP contribution in [0.25, 0.3) is 11.3 Å². The van der Waals surface area contributed by atoms with Crippen molar-refractivity contribution in [2.75, 3.05) is 26.2 Å². The first-order valence-corrected chi connectivity index (χ1v) is 9.03. The van der Waals surface area contributed by atoms with Crippen LogP contribution in [0.1, 0.15) is 30.5 Å². The maximum absolute atomic E-state index is 13.5. The van der Waals surface area contributed by atoms with Crippen LogP contribution in [-0.2, 0) is 17.8 Å². The average molecular weight is 342 g/mol. The van der Waals surface area contributed by atoms with Crippen LogP contribution in [0.4, 0.5) is 4.39 Å². The van der Waals surface area contributed by atoms with Gasteiger partial charge in [-0.3, -0.25) is 14.8 Å². The minimum absolute atomic E-state index is 0.180. The van der Waals surface area contributed by atoms with Gasteiger partial charge in [-0.05, 0) is 38.1 Å². The van der Waals surface area contributed by atoms with Gasteiger partial charge in [-0.15, -0.1) is 0 Å². The number of rotatable bonds is 3. The predicted molar refractivity (Wildman–Crippen MR) is 93.4 cm³/mol. The summed E-state index contributed by atoms with van der Waals surface area (Å²) < 4.78 is 13.5. The lowest BCUT2D eigenvalue weighted by Gasteiger charge is -2.31. The average Bonchev–Trinajstić information content (AvgIpc) is 3.05. The molecular formula is C19H23FN4O. The van der Waals surface area contributed by atoms with E-state index in [1.807, 2.05) is 11.0 Å². The fraction of sp³-hybridized carbons (Fsp3) is 0.474. The molecule has 2 aromatic rings. The number of nitrogens with zero attached hydrogens (tertiary/aromatic N) is 3. The van der Waals surface area contributed by atoms with E-state index in [1.165, 1.54) is 31.4 Å². The number of hydrogen-bond acceptors (Lipinski definition) is 3. The Morgan fingerprint density at radius 2 is 2.04 bits per heavy atom. The minimum atomic E-state index is -0.275. The third kappa shape index (κ3) is 3.44. The molecule has 1 saturated heterocycles. The zero-order valence-electron chi connectivity index (χ0n) is 14.3. The molecule has 25 heavy (non-hydrogen) atoms. The smallest absolute Gasteiger partial charge is 0.237 e. The molecule has 1 fully saturated rings. The van der Waals surface area contributed by atoms with Crippen molar-refractivity contribution in [2.24, 2.45) is 0 Å². The number of piperidine rings is 1. The SMILES string of the molecule is O=C(CN1CCCCC1)N1CCc2[nH]nc(-c3cccc(F)c3)c2C1. The molecule has 3 heterocycles. The summed E-state index contributed by atoms with van der Waals surface area (Å²) >= 11 is 0. The Morgan fingerprint density at radius 3 is 2.84 bits per heavy atom. The lowest BCUT2D eigenvalue weighted by Crippen LogP contribution is -2.44. The van der Waals surface area contributed by atoms with E-state index in [4.69, 9.17) is 0 Å². The van der Waals surface area contributed by atoms with Gasteiger partial charge in [-0.25, -0.2) is 4.39 Å². The number of benzene rings is 1. The van der Waals surface area contributed by atoms with Gasteiger partial charge in [0.05, 0.1) is 12.2 Å². The lowest BCUT2D eigenvalue weighted by molar-refractivity contribution is -0.133. The Hall–Kier alpha value is -2.21. The molecule has 1 amide bonds. The highest BCUT2D eigenvalue weighted by atomic mass is 19.1. The normalized spacial score (nSPS) is 18.2. The summed E-state index contributed by atoms with van der Waals surface area (Å²) in [5, 5.41) is 7.44. The molecule has 0 atom stereocenters. The summed E-state index contributed by atoms with van der Waals surface area (Å²) in [4.78, 5) is 16.9. The molecule has 6 heteroatoms. The molecule has 1 aromatic carbocycles. The molecule has 1 aromatic heterocycles.